The fourth-order valence-electron chi connectivity index (χ4n) is 2.06. The first-order chi connectivity index (χ1) is 9.45. The Morgan fingerprint density at radius 2 is 2.15 bits per heavy atom. The van der Waals surface area contributed by atoms with Crippen LogP contribution in [0.3, 0.4) is 0 Å². The van der Waals surface area contributed by atoms with Crippen LogP contribution in [0.5, 0.6) is 0 Å². The van der Waals surface area contributed by atoms with E-state index in [0.717, 1.165) is 12.1 Å². The summed E-state index contributed by atoms with van der Waals surface area (Å²) in [6, 6.07) is 9.46. The van der Waals surface area contributed by atoms with E-state index in [1.807, 2.05) is 0 Å². The minimum Gasteiger partial charge on any atom is -0.478 e. The van der Waals surface area contributed by atoms with Gasteiger partial charge in [-0.25, -0.2) is 4.79 Å². The van der Waals surface area contributed by atoms with Crippen LogP contribution in [0, 0.1) is 6.92 Å². The van der Waals surface area contributed by atoms with E-state index < -0.39 is 5.97 Å². The van der Waals surface area contributed by atoms with Gasteiger partial charge in [0.1, 0.15) is 0 Å². The topological polar surface area (TPSA) is 75.3 Å². The number of anilines is 2. The maximum absolute atomic E-state index is 11.0. The third-order valence-corrected chi connectivity index (χ3v) is 4.02. The molecule has 1 aromatic heterocycles. The Bertz CT molecular complexity index is 622. The van der Waals surface area contributed by atoms with Gasteiger partial charge < -0.3 is 16.2 Å². The number of aromatic carboxylic acids is 1. The molecule has 20 heavy (non-hydrogen) atoms. The predicted octanol–water partition coefficient (Wildman–Crippen LogP) is 3.38. The Labute approximate surface area is 122 Å². The summed E-state index contributed by atoms with van der Waals surface area (Å²) in [5, 5.41) is 12.4. The van der Waals surface area contributed by atoms with E-state index >= 15 is 0 Å². The number of hydrogen-bond acceptors (Lipinski definition) is 4. The average molecular weight is 290 g/mol. The lowest BCUT2D eigenvalue weighted by Gasteiger charge is -2.15. The molecule has 0 bridgehead atoms. The fraction of sp³-hybridized carbons (Fsp3) is 0.267. The third-order valence-electron chi connectivity index (χ3n) is 3.00. The van der Waals surface area contributed by atoms with E-state index in [2.05, 4.69) is 31.3 Å². The van der Waals surface area contributed by atoms with Crippen LogP contribution < -0.4 is 11.1 Å². The third kappa shape index (κ3) is 3.51. The van der Waals surface area contributed by atoms with Crippen molar-refractivity contribution in [1.29, 1.82) is 0 Å². The van der Waals surface area contributed by atoms with E-state index in [-0.39, 0.29) is 17.3 Å². The van der Waals surface area contributed by atoms with Crippen LogP contribution in [-0.2, 0) is 6.42 Å². The molecule has 0 aliphatic carbocycles. The number of carboxylic acid groups (broad SMARTS) is 1. The summed E-state index contributed by atoms with van der Waals surface area (Å²) in [6.45, 7) is 4.16. The first-order valence-corrected chi connectivity index (χ1v) is 7.22. The fourth-order valence-corrected chi connectivity index (χ4v) is 3.08. The molecule has 2 rings (SSSR count). The zero-order valence-corrected chi connectivity index (χ0v) is 12.3. The molecule has 0 saturated heterocycles. The summed E-state index contributed by atoms with van der Waals surface area (Å²) >= 11 is 1.78. The maximum Gasteiger partial charge on any atom is 0.337 e. The molecule has 0 amide bonds. The highest BCUT2D eigenvalue weighted by Gasteiger charge is 2.10. The number of nitrogens with two attached hydrogens (primary N) is 1. The number of carboxylic acids is 1. The van der Waals surface area contributed by atoms with Crippen LogP contribution in [0.15, 0.2) is 30.3 Å². The summed E-state index contributed by atoms with van der Waals surface area (Å²) in [6.07, 6.45) is 0.908. The quantitative estimate of drug-likeness (QED) is 0.738. The van der Waals surface area contributed by atoms with E-state index in [4.69, 9.17) is 10.8 Å². The zero-order valence-electron chi connectivity index (χ0n) is 11.5. The molecule has 0 radical (unpaired) electrons. The monoisotopic (exact) mass is 290 g/mol. The van der Waals surface area contributed by atoms with Gasteiger partial charge in [0, 0.05) is 33.6 Å². The normalized spacial score (nSPS) is 12.1. The second-order valence-electron chi connectivity index (χ2n) is 4.87. The summed E-state index contributed by atoms with van der Waals surface area (Å²) < 4.78 is 0. The van der Waals surface area contributed by atoms with Gasteiger partial charge in [-0.3, -0.25) is 0 Å². The van der Waals surface area contributed by atoms with Gasteiger partial charge in [-0.1, -0.05) is 0 Å². The Morgan fingerprint density at radius 1 is 1.40 bits per heavy atom. The lowest BCUT2D eigenvalue weighted by atomic mass is 10.1. The second kappa shape index (κ2) is 5.96. The Kier molecular flexibility index (Phi) is 4.29. The summed E-state index contributed by atoms with van der Waals surface area (Å²) in [7, 11) is 0. The van der Waals surface area contributed by atoms with Gasteiger partial charge in [-0.05, 0) is 44.2 Å². The largest absolute Gasteiger partial charge is 0.478 e. The van der Waals surface area contributed by atoms with Crippen molar-refractivity contribution in [3.63, 3.8) is 0 Å². The number of nitrogens with one attached hydrogen (secondary N) is 1. The van der Waals surface area contributed by atoms with Gasteiger partial charge in [0.05, 0.1) is 5.56 Å². The van der Waals surface area contributed by atoms with Crippen LogP contribution >= 0.6 is 11.3 Å². The smallest absolute Gasteiger partial charge is 0.337 e. The molecule has 1 aromatic carbocycles. The van der Waals surface area contributed by atoms with Crippen molar-refractivity contribution >= 4 is 28.7 Å². The lowest BCUT2D eigenvalue weighted by molar-refractivity contribution is 0.0698. The summed E-state index contributed by atoms with van der Waals surface area (Å²) in [4.78, 5) is 13.7. The van der Waals surface area contributed by atoms with Crippen LogP contribution in [0.1, 0.15) is 27.0 Å². The van der Waals surface area contributed by atoms with E-state index in [1.54, 1.807) is 29.5 Å². The number of thiophene rings is 1. The van der Waals surface area contributed by atoms with Gasteiger partial charge >= 0.3 is 5.97 Å². The van der Waals surface area contributed by atoms with Crippen LogP contribution in [0.25, 0.3) is 0 Å². The highest BCUT2D eigenvalue weighted by atomic mass is 32.1. The number of rotatable bonds is 5. The molecule has 1 unspecified atom stereocenters. The van der Waals surface area contributed by atoms with Crippen molar-refractivity contribution in [3.05, 3.63) is 45.6 Å². The average Bonchev–Trinajstić information content (AvgIpc) is 2.76. The molecule has 0 fully saturated rings. The molecule has 0 spiro atoms. The number of benzene rings is 1. The van der Waals surface area contributed by atoms with E-state index in [9.17, 15) is 4.79 Å². The van der Waals surface area contributed by atoms with Gasteiger partial charge in [-0.2, -0.15) is 0 Å². The van der Waals surface area contributed by atoms with Crippen molar-refractivity contribution in [2.75, 3.05) is 11.1 Å². The molecule has 0 saturated carbocycles. The minimum absolute atomic E-state index is 0.133. The molecule has 5 heteroatoms. The highest BCUT2D eigenvalue weighted by molar-refractivity contribution is 7.11. The Balaban J connectivity index is 2.06. The lowest BCUT2D eigenvalue weighted by Crippen LogP contribution is -2.18. The molecule has 106 valence electrons. The summed E-state index contributed by atoms with van der Waals surface area (Å²) in [5.41, 5.74) is 6.83. The molecule has 0 aliphatic heterocycles. The van der Waals surface area contributed by atoms with Crippen LogP contribution in [-0.4, -0.2) is 17.1 Å². The molecule has 1 atom stereocenters. The molecular formula is C15H18N2O2S. The van der Waals surface area contributed by atoms with Gasteiger partial charge in [0.15, 0.2) is 0 Å². The number of hydrogen-bond donors (Lipinski definition) is 3. The molecule has 4 N–H and O–H groups in total. The Morgan fingerprint density at radius 3 is 2.75 bits per heavy atom. The zero-order chi connectivity index (χ0) is 14.7. The molecular weight excluding hydrogens is 272 g/mol. The van der Waals surface area contributed by atoms with Crippen LogP contribution in [0.4, 0.5) is 11.4 Å². The van der Waals surface area contributed by atoms with Crippen molar-refractivity contribution in [3.8, 4) is 0 Å². The molecule has 0 aliphatic rings. The Hall–Kier alpha value is -2.01. The maximum atomic E-state index is 11.0. The second-order valence-corrected chi connectivity index (χ2v) is 6.24. The molecule has 1 heterocycles. The van der Waals surface area contributed by atoms with Gasteiger partial charge in [0.25, 0.3) is 0 Å². The van der Waals surface area contributed by atoms with Crippen molar-refractivity contribution < 1.29 is 9.90 Å². The van der Waals surface area contributed by atoms with Gasteiger partial charge in [0.2, 0.25) is 0 Å². The molecule has 4 nitrogen and oxygen atoms in total. The van der Waals surface area contributed by atoms with Crippen LogP contribution in [0.2, 0.25) is 0 Å². The number of carbonyl (C=O) groups is 1. The standard InChI is InChI=1S/C15H18N2O2S/c1-9(7-12-5-3-10(2)20-12)17-11-4-6-14(16)13(8-11)15(18)19/h3-6,8-9,17H,7,16H2,1-2H3,(H,18,19). The first kappa shape index (κ1) is 14.4. The van der Waals surface area contributed by atoms with Gasteiger partial charge in [-0.15, -0.1) is 11.3 Å². The van der Waals surface area contributed by atoms with E-state index in [0.29, 0.717) is 0 Å². The highest BCUT2D eigenvalue weighted by Crippen LogP contribution is 2.21. The predicted molar refractivity (Wildman–Crippen MR) is 83.7 cm³/mol. The number of nitrogen functional groups attached to an aromatic ring is 1. The van der Waals surface area contributed by atoms with Crippen molar-refractivity contribution in [1.82, 2.24) is 0 Å². The molecule has 2 aromatic rings. The number of aryl methyl sites for hydroxylation is 1. The SMILES string of the molecule is Cc1ccc(CC(C)Nc2ccc(N)c(C(=O)O)c2)s1. The summed E-state index contributed by atoms with van der Waals surface area (Å²) in [5.74, 6) is -1.01. The van der Waals surface area contributed by atoms with Crippen molar-refractivity contribution in [2.45, 2.75) is 26.3 Å². The minimum atomic E-state index is -1.01. The van der Waals surface area contributed by atoms with Crippen molar-refractivity contribution in [2.24, 2.45) is 0 Å². The van der Waals surface area contributed by atoms with E-state index in [1.165, 1.54) is 9.75 Å². The first-order valence-electron chi connectivity index (χ1n) is 6.40.